The molecule has 2 bridgehead atoms. The first-order valence-corrected chi connectivity index (χ1v) is 14.9. The Morgan fingerprint density at radius 1 is 1.21 bits per heavy atom. The van der Waals surface area contributed by atoms with E-state index in [1.54, 1.807) is 0 Å². The van der Waals surface area contributed by atoms with Crippen molar-refractivity contribution in [3.8, 4) is 0 Å². The maximum Gasteiger partial charge on any atom is 0.290 e. The number of thioether (sulfide) groups is 1. The summed E-state index contributed by atoms with van der Waals surface area (Å²) in [5.74, 6) is 2.05. The Hall–Kier alpha value is -1.21. The zero-order valence-electron chi connectivity index (χ0n) is 22.6. The van der Waals surface area contributed by atoms with E-state index in [9.17, 15) is 20.1 Å². The molecule has 0 aromatic heterocycles. The van der Waals surface area contributed by atoms with Gasteiger partial charge in [0.05, 0.1) is 12.1 Å². The lowest BCUT2D eigenvalue weighted by Gasteiger charge is -2.44. The summed E-state index contributed by atoms with van der Waals surface area (Å²) in [5.41, 5.74) is -0.653. The Labute approximate surface area is 229 Å². The van der Waals surface area contributed by atoms with Gasteiger partial charge in [0.25, 0.3) is 6.47 Å². The number of amides is 1. The zero-order valence-corrected chi connectivity index (χ0v) is 23.5. The Morgan fingerprint density at radius 3 is 2.66 bits per heavy atom. The minimum absolute atomic E-state index is 0.132. The molecule has 4 rings (SSSR count). The van der Waals surface area contributed by atoms with E-state index in [1.807, 2.05) is 13.0 Å². The summed E-state index contributed by atoms with van der Waals surface area (Å²) < 4.78 is 12.4. The number of hydrogen-bond donors (Lipinski definition) is 6. The highest BCUT2D eigenvalue weighted by Crippen LogP contribution is 2.35. The summed E-state index contributed by atoms with van der Waals surface area (Å²) >= 11 is 1.44. The van der Waals surface area contributed by atoms with Crippen LogP contribution in [-0.2, 0) is 19.1 Å². The normalized spacial score (nSPS) is 41.6. The predicted molar refractivity (Wildman–Crippen MR) is 145 cm³/mol. The van der Waals surface area contributed by atoms with E-state index >= 15 is 0 Å². The van der Waals surface area contributed by atoms with Gasteiger partial charge in [0.2, 0.25) is 5.91 Å². The first-order valence-electron chi connectivity index (χ1n) is 13.9. The van der Waals surface area contributed by atoms with Crippen LogP contribution >= 0.6 is 11.8 Å². The van der Waals surface area contributed by atoms with Gasteiger partial charge in [0.1, 0.15) is 35.9 Å². The number of ether oxygens (including phenoxy) is 2. The third-order valence-electron chi connectivity index (χ3n) is 8.03. The molecule has 1 amide bonds. The molecule has 0 aromatic rings. The van der Waals surface area contributed by atoms with E-state index in [2.05, 4.69) is 30.6 Å². The topological polar surface area (TPSA) is 158 Å². The number of fused-ring (bicyclic) bond motifs is 3. The van der Waals surface area contributed by atoms with E-state index in [-0.39, 0.29) is 24.4 Å². The maximum absolute atomic E-state index is 13.6. The first kappa shape index (κ1) is 31.3. The average Bonchev–Trinajstić information content (AvgIpc) is 3.14. The molecule has 4 aliphatic rings. The second-order valence-electron chi connectivity index (χ2n) is 11.4. The summed E-state index contributed by atoms with van der Waals surface area (Å²) in [6.07, 6.45) is 4.41. The van der Waals surface area contributed by atoms with Crippen molar-refractivity contribution in [3.63, 3.8) is 0 Å². The van der Waals surface area contributed by atoms with Gasteiger partial charge in [-0.25, -0.2) is 0 Å². The van der Waals surface area contributed by atoms with E-state index in [0.29, 0.717) is 24.4 Å². The van der Waals surface area contributed by atoms with Gasteiger partial charge in [-0.05, 0) is 61.5 Å². The third kappa shape index (κ3) is 7.93. The van der Waals surface area contributed by atoms with Gasteiger partial charge in [-0.3, -0.25) is 9.59 Å². The monoisotopic (exact) mass is 558 g/mol. The number of aliphatic hydroxyl groups is 3. The van der Waals surface area contributed by atoms with Crippen molar-refractivity contribution < 1.29 is 39.5 Å². The molecule has 11 heteroatoms. The molecule has 0 spiro atoms. The van der Waals surface area contributed by atoms with Gasteiger partial charge >= 0.3 is 0 Å². The molecule has 0 radical (unpaired) electrons. The SMILES string of the molecule is CC(C)C[C@@H]1CCO[C@@H]2[C@H](CN[C@@H]2C(=O)N[C@H]2[C@H]3O[C@H](SCCCC=C[C@H]2C)[C@H](O)[C@@H](O)[C@H]3O)C1.O=CO. The molecule has 0 aromatic carbocycles. The number of nitrogens with one attached hydrogen (secondary N) is 2. The van der Waals surface area contributed by atoms with Crippen LogP contribution < -0.4 is 10.6 Å². The number of aliphatic hydroxyl groups excluding tert-OH is 3. The molecule has 4 aliphatic heterocycles. The van der Waals surface area contributed by atoms with Gasteiger partial charge in [-0.2, -0.15) is 0 Å². The van der Waals surface area contributed by atoms with E-state index in [1.165, 1.54) is 18.2 Å². The number of carbonyl (C=O) groups excluding carboxylic acids is 1. The lowest BCUT2D eigenvalue weighted by Crippen LogP contribution is -2.65. The highest BCUT2D eigenvalue weighted by molar-refractivity contribution is 7.99. The highest BCUT2D eigenvalue weighted by Gasteiger charge is 2.49. The molecule has 6 N–H and O–H groups in total. The number of hydrogen-bond acceptors (Lipinski definition) is 9. The van der Waals surface area contributed by atoms with Crippen LogP contribution in [0.3, 0.4) is 0 Å². The summed E-state index contributed by atoms with van der Waals surface area (Å²) in [4.78, 5) is 21.9. The van der Waals surface area contributed by atoms with E-state index < -0.39 is 41.9 Å². The molecular weight excluding hydrogens is 512 g/mol. The van der Waals surface area contributed by atoms with Crippen molar-refractivity contribution in [1.82, 2.24) is 10.6 Å². The van der Waals surface area contributed by atoms with Crippen molar-refractivity contribution in [3.05, 3.63) is 12.2 Å². The van der Waals surface area contributed by atoms with E-state index in [0.717, 1.165) is 38.0 Å². The molecule has 11 atom stereocenters. The fourth-order valence-electron chi connectivity index (χ4n) is 6.18. The van der Waals surface area contributed by atoms with Gasteiger partial charge in [0, 0.05) is 13.2 Å². The van der Waals surface area contributed by atoms with Crippen molar-refractivity contribution in [2.75, 3.05) is 18.9 Å². The summed E-state index contributed by atoms with van der Waals surface area (Å²) in [6.45, 7) is 7.66. The quantitative estimate of drug-likeness (QED) is 0.218. The molecule has 0 saturated carbocycles. The van der Waals surface area contributed by atoms with Gasteiger partial charge in [-0.1, -0.05) is 32.9 Å². The van der Waals surface area contributed by atoms with Gasteiger partial charge in [0.15, 0.2) is 0 Å². The van der Waals surface area contributed by atoms with Crippen LogP contribution in [0.4, 0.5) is 0 Å². The molecule has 0 unspecified atom stereocenters. The number of rotatable bonds is 4. The number of allylic oxidation sites excluding steroid dienone is 1. The Balaban J connectivity index is 0.00000127. The highest BCUT2D eigenvalue weighted by atomic mass is 32.2. The van der Waals surface area contributed by atoms with Crippen LogP contribution in [0, 0.1) is 23.7 Å². The van der Waals surface area contributed by atoms with E-state index in [4.69, 9.17) is 19.4 Å². The zero-order chi connectivity index (χ0) is 27.8. The minimum atomic E-state index is -1.33. The molecule has 3 saturated heterocycles. The van der Waals surface area contributed by atoms with Crippen molar-refractivity contribution in [1.29, 1.82) is 0 Å². The maximum atomic E-state index is 13.6. The standard InChI is InChI=1S/C26H44N2O6S.CH2O2/c1-14(2)11-16-8-9-33-23-17(12-16)13-27-19(23)25(32)28-18-15(3)7-5-4-6-10-35-26-22(31)20(29)21(30)24(18)34-26;2-1-3/h5,7,14-24,26-27,29-31H,4,6,8-13H2,1-3H3,(H,28,32);1H,(H,2,3)/t15-,16+,17+,18-,19+,20+,21-,22-,23-,24-,26-;/m1./s1. The summed E-state index contributed by atoms with van der Waals surface area (Å²) in [6, 6.07) is -1.02. The molecule has 10 nitrogen and oxygen atoms in total. The fraction of sp³-hybridized carbons (Fsp3) is 0.852. The smallest absolute Gasteiger partial charge is 0.290 e. The Morgan fingerprint density at radius 2 is 1.95 bits per heavy atom. The predicted octanol–water partition coefficient (Wildman–Crippen LogP) is 1.13. The lowest BCUT2D eigenvalue weighted by atomic mass is 9.85. The number of carbonyl (C=O) groups is 2. The van der Waals surface area contributed by atoms with Crippen LogP contribution in [0.25, 0.3) is 0 Å². The van der Waals surface area contributed by atoms with Crippen LogP contribution in [0.1, 0.15) is 52.9 Å². The molecule has 218 valence electrons. The van der Waals surface area contributed by atoms with Crippen LogP contribution in [0.5, 0.6) is 0 Å². The second-order valence-corrected chi connectivity index (χ2v) is 12.6. The van der Waals surface area contributed by atoms with Gasteiger partial charge < -0.3 is 40.5 Å². The molecule has 3 fully saturated rings. The minimum Gasteiger partial charge on any atom is -0.483 e. The molecular formula is C27H46N2O8S. The largest absolute Gasteiger partial charge is 0.483 e. The first-order chi connectivity index (χ1) is 18.2. The van der Waals surface area contributed by atoms with Crippen molar-refractivity contribution >= 4 is 24.1 Å². The van der Waals surface area contributed by atoms with Crippen LogP contribution in [0.2, 0.25) is 0 Å². The molecule has 38 heavy (non-hydrogen) atoms. The van der Waals surface area contributed by atoms with Gasteiger partial charge in [-0.15, -0.1) is 11.8 Å². The third-order valence-corrected chi connectivity index (χ3v) is 9.27. The Bertz CT molecular complexity index is 786. The second kappa shape index (κ2) is 15.0. The molecule has 0 aliphatic carbocycles. The fourth-order valence-corrected chi connectivity index (χ4v) is 7.31. The van der Waals surface area contributed by atoms with Crippen LogP contribution in [-0.4, -0.2) is 99.7 Å². The lowest BCUT2D eigenvalue weighted by molar-refractivity contribution is -0.207. The molecule has 4 heterocycles. The summed E-state index contributed by atoms with van der Waals surface area (Å²) in [7, 11) is 0. The van der Waals surface area contributed by atoms with Crippen molar-refractivity contribution in [2.45, 2.75) is 101 Å². The summed E-state index contributed by atoms with van der Waals surface area (Å²) in [5, 5.41) is 45.3. The van der Waals surface area contributed by atoms with Crippen LogP contribution in [0.15, 0.2) is 12.2 Å². The number of carboxylic acid groups (broad SMARTS) is 1. The Kier molecular flexibility index (Phi) is 12.3. The van der Waals surface area contributed by atoms with Crippen molar-refractivity contribution in [2.24, 2.45) is 23.7 Å². The average molecular weight is 559 g/mol.